The van der Waals surface area contributed by atoms with Gasteiger partial charge in [0.15, 0.2) is 12.4 Å². The largest absolute Gasteiger partial charge is 0.619 e. The lowest BCUT2D eigenvalue weighted by molar-refractivity contribution is -0.605. The predicted octanol–water partition coefficient (Wildman–Crippen LogP) is 1.68. The molecule has 0 atom stereocenters. The highest BCUT2D eigenvalue weighted by molar-refractivity contribution is 5.94. The highest BCUT2D eigenvalue weighted by Crippen LogP contribution is 2.15. The van der Waals surface area contributed by atoms with Crippen molar-refractivity contribution in [2.75, 3.05) is 33.3 Å². The van der Waals surface area contributed by atoms with E-state index in [1.54, 1.807) is 19.2 Å². The Bertz CT molecular complexity index is 701. The molecule has 2 heterocycles. The van der Waals surface area contributed by atoms with Gasteiger partial charge in [-0.15, -0.1) is 0 Å². The van der Waals surface area contributed by atoms with E-state index in [2.05, 4.69) is 17.0 Å². The first-order chi connectivity index (χ1) is 12.2. The number of rotatable bonds is 4. The topological polar surface area (TPSA) is 59.7 Å². The Morgan fingerprint density at radius 3 is 2.48 bits per heavy atom. The van der Waals surface area contributed by atoms with E-state index in [-0.39, 0.29) is 5.91 Å². The van der Waals surface area contributed by atoms with Crippen molar-refractivity contribution in [3.8, 4) is 5.75 Å². The van der Waals surface area contributed by atoms with Gasteiger partial charge in [0.05, 0.1) is 12.7 Å². The lowest BCUT2D eigenvalue weighted by atomic mass is 10.2. The van der Waals surface area contributed by atoms with Gasteiger partial charge >= 0.3 is 0 Å². The van der Waals surface area contributed by atoms with Gasteiger partial charge in [-0.25, -0.2) is 0 Å². The molecule has 132 valence electrons. The summed E-state index contributed by atoms with van der Waals surface area (Å²) in [5.74, 6) is 0.852. The zero-order chi connectivity index (χ0) is 17.6. The zero-order valence-corrected chi connectivity index (χ0v) is 14.4. The van der Waals surface area contributed by atoms with Crippen LogP contribution in [0.15, 0.2) is 48.8 Å². The lowest BCUT2D eigenvalue weighted by Gasteiger charge is -2.22. The molecule has 0 N–H and O–H groups in total. The van der Waals surface area contributed by atoms with E-state index >= 15 is 0 Å². The van der Waals surface area contributed by atoms with Gasteiger partial charge in [-0.1, -0.05) is 12.1 Å². The first-order valence-electron chi connectivity index (χ1n) is 8.49. The Balaban J connectivity index is 1.57. The molecule has 1 aromatic carbocycles. The zero-order valence-electron chi connectivity index (χ0n) is 14.4. The summed E-state index contributed by atoms with van der Waals surface area (Å²) in [7, 11) is 1.67. The van der Waals surface area contributed by atoms with Gasteiger partial charge in [0.2, 0.25) is 0 Å². The van der Waals surface area contributed by atoms with Crippen LogP contribution in [0.5, 0.6) is 5.75 Å². The number of carbonyl (C=O) groups is 1. The molecule has 3 rings (SSSR count). The van der Waals surface area contributed by atoms with Gasteiger partial charge < -0.3 is 14.8 Å². The fourth-order valence-electron chi connectivity index (χ4n) is 3.06. The van der Waals surface area contributed by atoms with E-state index in [1.807, 2.05) is 17.0 Å². The van der Waals surface area contributed by atoms with E-state index < -0.39 is 0 Å². The van der Waals surface area contributed by atoms with E-state index in [1.165, 1.54) is 18.0 Å². The summed E-state index contributed by atoms with van der Waals surface area (Å²) in [6, 6.07) is 11.3. The molecule has 6 nitrogen and oxygen atoms in total. The second kappa shape index (κ2) is 7.98. The van der Waals surface area contributed by atoms with Crippen LogP contribution < -0.4 is 9.47 Å². The number of pyridine rings is 1. The molecule has 1 saturated heterocycles. The average molecular weight is 341 g/mol. The van der Waals surface area contributed by atoms with Crippen LogP contribution in [0.3, 0.4) is 0 Å². The van der Waals surface area contributed by atoms with Crippen LogP contribution in [0.4, 0.5) is 0 Å². The molecular weight excluding hydrogens is 318 g/mol. The molecule has 0 radical (unpaired) electrons. The van der Waals surface area contributed by atoms with Crippen LogP contribution in [0.2, 0.25) is 0 Å². The maximum absolute atomic E-state index is 12.6. The van der Waals surface area contributed by atoms with Gasteiger partial charge in [-0.2, -0.15) is 4.73 Å². The molecule has 1 fully saturated rings. The van der Waals surface area contributed by atoms with E-state index in [0.29, 0.717) is 16.8 Å². The summed E-state index contributed by atoms with van der Waals surface area (Å²) in [6.45, 7) is 4.11. The van der Waals surface area contributed by atoms with Crippen LogP contribution in [0.25, 0.3) is 0 Å². The minimum atomic E-state index is -0.00750. The molecule has 0 spiro atoms. The highest BCUT2D eigenvalue weighted by Gasteiger charge is 2.20. The summed E-state index contributed by atoms with van der Waals surface area (Å²) in [4.78, 5) is 16.8. The van der Waals surface area contributed by atoms with Crippen molar-refractivity contribution >= 4 is 5.91 Å². The summed E-state index contributed by atoms with van der Waals surface area (Å²) < 4.78 is 5.88. The number of hydrogen-bond acceptors (Lipinski definition) is 4. The van der Waals surface area contributed by atoms with E-state index in [4.69, 9.17) is 4.74 Å². The number of benzene rings is 1. The molecule has 1 amide bonds. The number of carbonyl (C=O) groups excluding carboxylic acids is 1. The molecule has 0 bridgehead atoms. The van der Waals surface area contributed by atoms with Crippen molar-refractivity contribution in [2.24, 2.45) is 0 Å². The van der Waals surface area contributed by atoms with Crippen LogP contribution in [0, 0.1) is 5.21 Å². The minimum Gasteiger partial charge on any atom is -0.619 e. The first kappa shape index (κ1) is 17.2. The van der Waals surface area contributed by atoms with Crippen molar-refractivity contribution in [3.63, 3.8) is 0 Å². The van der Waals surface area contributed by atoms with Gasteiger partial charge in [-0.05, 0) is 24.1 Å². The lowest BCUT2D eigenvalue weighted by Crippen LogP contribution is -2.35. The van der Waals surface area contributed by atoms with Crippen molar-refractivity contribution in [1.29, 1.82) is 0 Å². The maximum atomic E-state index is 12.6. The molecule has 6 heteroatoms. The Morgan fingerprint density at radius 1 is 1.08 bits per heavy atom. The van der Waals surface area contributed by atoms with Crippen LogP contribution in [-0.2, 0) is 6.54 Å². The van der Waals surface area contributed by atoms with Crippen molar-refractivity contribution in [1.82, 2.24) is 9.80 Å². The van der Waals surface area contributed by atoms with E-state index in [0.717, 1.165) is 38.3 Å². The molecule has 0 unspecified atom stereocenters. The predicted molar refractivity (Wildman–Crippen MR) is 94.2 cm³/mol. The fraction of sp³-hybridized carbons (Fsp3) is 0.368. The van der Waals surface area contributed by atoms with Gasteiger partial charge in [0.1, 0.15) is 5.75 Å². The molecular formula is C19H23N3O3. The van der Waals surface area contributed by atoms with Gasteiger partial charge in [-0.3, -0.25) is 9.69 Å². The van der Waals surface area contributed by atoms with Crippen molar-refractivity contribution < 1.29 is 14.3 Å². The fourth-order valence-corrected chi connectivity index (χ4v) is 3.06. The summed E-state index contributed by atoms with van der Waals surface area (Å²) in [5, 5.41) is 11.1. The van der Waals surface area contributed by atoms with Crippen molar-refractivity contribution in [2.45, 2.75) is 13.0 Å². The molecule has 1 aliphatic rings. The summed E-state index contributed by atoms with van der Waals surface area (Å²) in [5.41, 5.74) is 1.80. The molecule has 1 aromatic heterocycles. The standard InChI is InChI=1S/C19H23N3O3/c1-25-18-5-3-16(4-6-18)15-20-9-2-10-21(14-13-20)19(23)17-7-11-22(24)12-8-17/h3-8,11-12H,2,9-10,13-15H2,1H3. The molecule has 25 heavy (non-hydrogen) atoms. The molecule has 1 aliphatic heterocycles. The smallest absolute Gasteiger partial charge is 0.254 e. The third kappa shape index (κ3) is 4.48. The first-order valence-corrected chi connectivity index (χ1v) is 8.49. The normalized spacial score (nSPS) is 15.6. The molecule has 2 aromatic rings. The van der Waals surface area contributed by atoms with Crippen LogP contribution in [0.1, 0.15) is 22.3 Å². The second-order valence-electron chi connectivity index (χ2n) is 6.22. The summed E-state index contributed by atoms with van der Waals surface area (Å²) >= 11 is 0. The monoisotopic (exact) mass is 341 g/mol. The van der Waals surface area contributed by atoms with Crippen LogP contribution in [-0.4, -0.2) is 49.0 Å². The van der Waals surface area contributed by atoms with Crippen molar-refractivity contribution in [3.05, 3.63) is 65.1 Å². The minimum absolute atomic E-state index is 0.00750. The Morgan fingerprint density at radius 2 is 1.80 bits per heavy atom. The number of aromatic nitrogens is 1. The Kier molecular flexibility index (Phi) is 5.50. The Hall–Kier alpha value is -2.60. The van der Waals surface area contributed by atoms with Crippen LogP contribution >= 0.6 is 0 Å². The molecule has 0 aliphatic carbocycles. The quantitative estimate of drug-likeness (QED) is 0.627. The SMILES string of the molecule is COc1ccc(CN2CCCN(C(=O)c3cc[n+]([O-])cc3)CC2)cc1. The number of ether oxygens (including phenoxy) is 1. The number of nitrogens with zero attached hydrogens (tertiary/aromatic N) is 3. The number of hydrogen-bond donors (Lipinski definition) is 0. The number of methoxy groups -OCH3 is 1. The maximum Gasteiger partial charge on any atom is 0.254 e. The third-order valence-corrected chi connectivity index (χ3v) is 4.49. The summed E-state index contributed by atoms with van der Waals surface area (Å²) in [6.07, 6.45) is 3.67. The molecule has 0 saturated carbocycles. The third-order valence-electron chi connectivity index (χ3n) is 4.49. The average Bonchev–Trinajstić information content (AvgIpc) is 2.88. The van der Waals surface area contributed by atoms with Gasteiger partial charge in [0.25, 0.3) is 5.91 Å². The second-order valence-corrected chi connectivity index (χ2v) is 6.22. The Labute approximate surface area is 147 Å². The highest BCUT2D eigenvalue weighted by atomic mass is 16.5. The number of amides is 1. The van der Waals surface area contributed by atoms with Gasteiger partial charge in [0, 0.05) is 44.9 Å². The van der Waals surface area contributed by atoms with E-state index in [9.17, 15) is 10.0 Å².